The highest BCUT2D eigenvalue weighted by molar-refractivity contribution is 7.80. The summed E-state index contributed by atoms with van der Waals surface area (Å²) in [6.07, 6.45) is 3.56. The zero-order chi connectivity index (χ0) is 11.1. The molecule has 0 bridgehead atoms. The van der Waals surface area contributed by atoms with Gasteiger partial charge in [0.05, 0.1) is 11.6 Å². The van der Waals surface area contributed by atoms with Gasteiger partial charge in [-0.2, -0.15) is 17.9 Å². The lowest BCUT2D eigenvalue weighted by atomic mass is 10.2. The zero-order valence-electron chi connectivity index (χ0n) is 7.98. The minimum atomic E-state index is -0.520. The number of nitriles is 1. The van der Waals surface area contributed by atoms with Gasteiger partial charge in [-0.15, -0.1) is 0 Å². The van der Waals surface area contributed by atoms with Crippen molar-refractivity contribution in [3.63, 3.8) is 0 Å². The molecule has 0 fully saturated rings. The highest BCUT2D eigenvalue weighted by Crippen LogP contribution is 2.17. The molecule has 0 aliphatic rings. The molecule has 0 radical (unpaired) electrons. The number of halogens is 1. The minimum Gasteiger partial charge on any atom is -0.486 e. The smallest absolute Gasteiger partial charge is 0.166 e. The lowest BCUT2D eigenvalue weighted by molar-refractivity contribution is 0.341. The third-order valence-corrected chi connectivity index (χ3v) is 1.88. The average Bonchev–Trinajstić information content (AvgIpc) is 2.26. The molecule has 4 heteroatoms. The Bertz CT molecular complexity index is 398. The number of hydrogen-bond donors (Lipinski definition) is 1. The molecule has 2 nitrogen and oxygen atoms in total. The van der Waals surface area contributed by atoms with Crippen molar-refractivity contribution in [2.24, 2.45) is 0 Å². The van der Waals surface area contributed by atoms with Gasteiger partial charge in [0.1, 0.15) is 6.61 Å². The molecular weight excluding hydrogens is 213 g/mol. The Labute approximate surface area is 93.4 Å². The van der Waals surface area contributed by atoms with Crippen LogP contribution in [0, 0.1) is 17.1 Å². The van der Waals surface area contributed by atoms with Gasteiger partial charge in [-0.05, 0) is 18.2 Å². The van der Waals surface area contributed by atoms with E-state index < -0.39 is 5.82 Å². The van der Waals surface area contributed by atoms with Gasteiger partial charge < -0.3 is 4.74 Å². The predicted octanol–water partition coefficient (Wildman–Crippen LogP) is 2.56. The molecule has 0 aromatic heterocycles. The van der Waals surface area contributed by atoms with Crippen LogP contribution < -0.4 is 4.74 Å². The maximum Gasteiger partial charge on any atom is 0.166 e. The van der Waals surface area contributed by atoms with Crippen LogP contribution in [0.2, 0.25) is 0 Å². The summed E-state index contributed by atoms with van der Waals surface area (Å²) in [6, 6.07) is 5.96. The van der Waals surface area contributed by atoms with Crippen molar-refractivity contribution < 1.29 is 9.13 Å². The Morgan fingerprint density at radius 1 is 1.47 bits per heavy atom. The van der Waals surface area contributed by atoms with Crippen LogP contribution in [-0.2, 0) is 0 Å². The summed E-state index contributed by atoms with van der Waals surface area (Å²) in [7, 11) is 0. The molecule has 0 aliphatic carbocycles. The topological polar surface area (TPSA) is 33.0 Å². The molecule has 78 valence electrons. The molecule has 0 amide bonds. The molecule has 15 heavy (non-hydrogen) atoms. The summed E-state index contributed by atoms with van der Waals surface area (Å²) in [6.45, 7) is 0.295. The number of ether oxygens (including phenoxy) is 1. The molecule has 1 rings (SSSR count). The maximum atomic E-state index is 13.2. The standard InChI is InChI=1S/C11H10FNOS/c12-10-7-9(8-13)3-4-11(10)14-5-1-2-6-15/h1-4,7,15H,5-6H2/b2-1+. The van der Waals surface area contributed by atoms with E-state index in [1.165, 1.54) is 12.1 Å². The SMILES string of the molecule is N#Cc1ccc(OC/C=C/CS)c(F)c1. The molecule has 0 spiro atoms. The van der Waals surface area contributed by atoms with Gasteiger partial charge in [0.25, 0.3) is 0 Å². The molecule has 0 saturated carbocycles. The van der Waals surface area contributed by atoms with Crippen molar-refractivity contribution in [3.05, 3.63) is 41.7 Å². The van der Waals surface area contributed by atoms with Gasteiger partial charge in [-0.1, -0.05) is 12.2 Å². The van der Waals surface area contributed by atoms with Gasteiger partial charge in [-0.3, -0.25) is 0 Å². The van der Waals surface area contributed by atoms with Crippen molar-refractivity contribution in [1.29, 1.82) is 5.26 Å². The van der Waals surface area contributed by atoms with Crippen molar-refractivity contribution in [1.82, 2.24) is 0 Å². The lowest BCUT2D eigenvalue weighted by Gasteiger charge is -2.03. The number of rotatable bonds is 4. The molecule has 1 aromatic carbocycles. The largest absolute Gasteiger partial charge is 0.486 e. The van der Waals surface area contributed by atoms with E-state index in [4.69, 9.17) is 10.00 Å². The first-order chi connectivity index (χ1) is 7.27. The second-order valence-corrected chi connectivity index (χ2v) is 3.09. The first-order valence-corrected chi connectivity index (χ1v) is 4.99. The van der Waals surface area contributed by atoms with Crippen LogP contribution in [0.15, 0.2) is 30.4 Å². The molecular formula is C11H10FNOS. The summed E-state index contributed by atoms with van der Waals surface area (Å²) >= 11 is 3.97. The highest BCUT2D eigenvalue weighted by atomic mass is 32.1. The van der Waals surface area contributed by atoms with E-state index in [1.54, 1.807) is 6.08 Å². The Balaban J connectivity index is 2.63. The summed E-state index contributed by atoms with van der Waals surface area (Å²) in [5.74, 6) is 0.255. The van der Waals surface area contributed by atoms with Crippen LogP contribution in [0.25, 0.3) is 0 Å². The molecule has 0 atom stereocenters. The van der Waals surface area contributed by atoms with Crippen molar-refractivity contribution >= 4 is 12.6 Å². The molecule has 0 unspecified atom stereocenters. The summed E-state index contributed by atoms with van der Waals surface area (Å²) in [5, 5.41) is 8.52. The first-order valence-electron chi connectivity index (χ1n) is 4.36. The van der Waals surface area contributed by atoms with Crippen LogP contribution in [-0.4, -0.2) is 12.4 Å². The quantitative estimate of drug-likeness (QED) is 0.628. The van der Waals surface area contributed by atoms with Crippen LogP contribution in [0.5, 0.6) is 5.75 Å². The highest BCUT2D eigenvalue weighted by Gasteiger charge is 2.03. The third kappa shape index (κ3) is 3.64. The van der Waals surface area contributed by atoms with E-state index >= 15 is 0 Å². The maximum absolute atomic E-state index is 13.2. The fraction of sp³-hybridized carbons (Fsp3) is 0.182. The summed E-state index contributed by atoms with van der Waals surface area (Å²) in [4.78, 5) is 0. The second kappa shape index (κ2) is 6.10. The molecule has 0 N–H and O–H groups in total. The van der Waals surface area contributed by atoms with Crippen LogP contribution in [0.1, 0.15) is 5.56 Å². The average molecular weight is 223 g/mol. The monoisotopic (exact) mass is 223 g/mol. The molecule has 0 heterocycles. The van der Waals surface area contributed by atoms with Gasteiger partial charge >= 0.3 is 0 Å². The van der Waals surface area contributed by atoms with E-state index in [-0.39, 0.29) is 11.3 Å². The zero-order valence-corrected chi connectivity index (χ0v) is 8.88. The number of thiol groups is 1. The minimum absolute atomic E-state index is 0.151. The van der Waals surface area contributed by atoms with Crippen molar-refractivity contribution in [2.75, 3.05) is 12.4 Å². The van der Waals surface area contributed by atoms with Gasteiger partial charge in [0, 0.05) is 5.75 Å². The summed E-state index contributed by atoms with van der Waals surface area (Å²) < 4.78 is 18.4. The number of hydrogen-bond acceptors (Lipinski definition) is 3. The van der Waals surface area contributed by atoms with E-state index in [0.29, 0.717) is 12.4 Å². The van der Waals surface area contributed by atoms with Crippen LogP contribution >= 0.6 is 12.6 Å². The van der Waals surface area contributed by atoms with E-state index in [2.05, 4.69) is 12.6 Å². The van der Waals surface area contributed by atoms with Crippen LogP contribution in [0.4, 0.5) is 4.39 Å². The van der Waals surface area contributed by atoms with E-state index in [9.17, 15) is 4.39 Å². The second-order valence-electron chi connectivity index (χ2n) is 2.72. The fourth-order valence-electron chi connectivity index (χ4n) is 0.968. The lowest BCUT2D eigenvalue weighted by Crippen LogP contribution is -1.96. The first kappa shape index (κ1) is 11.6. The summed E-state index contributed by atoms with van der Waals surface area (Å²) in [5.41, 5.74) is 0.283. The third-order valence-electron chi connectivity index (χ3n) is 1.67. The molecule has 0 aliphatic heterocycles. The van der Waals surface area contributed by atoms with Crippen molar-refractivity contribution in [2.45, 2.75) is 0 Å². The van der Waals surface area contributed by atoms with E-state index in [0.717, 1.165) is 6.07 Å². The van der Waals surface area contributed by atoms with Gasteiger partial charge in [0.15, 0.2) is 11.6 Å². The Morgan fingerprint density at radius 2 is 2.27 bits per heavy atom. The fourth-order valence-corrected chi connectivity index (χ4v) is 1.12. The molecule has 1 aromatic rings. The normalized spacial score (nSPS) is 10.2. The molecule has 0 saturated heterocycles. The number of benzene rings is 1. The predicted molar refractivity (Wildman–Crippen MR) is 59.6 cm³/mol. The Hall–Kier alpha value is -1.47. The Morgan fingerprint density at radius 3 is 2.87 bits per heavy atom. The van der Waals surface area contributed by atoms with Gasteiger partial charge in [-0.25, -0.2) is 4.39 Å². The van der Waals surface area contributed by atoms with Crippen LogP contribution in [0.3, 0.4) is 0 Å². The Kier molecular flexibility index (Phi) is 4.72. The van der Waals surface area contributed by atoms with E-state index in [1.807, 2.05) is 12.1 Å². The van der Waals surface area contributed by atoms with Gasteiger partial charge in [0.2, 0.25) is 0 Å². The number of nitrogens with zero attached hydrogens (tertiary/aromatic N) is 1. The van der Waals surface area contributed by atoms with Crippen molar-refractivity contribution in [3.8, 4) is 11.8 Å².